The average molecular weight is 229 g/mol. The van der Waals surface area contributed by atoms with Gasteiger partial charge < -0.3 is 15.2 Å². The van der Waals surface area contributed by atoms with Crippen molar-refractivity contribution in [1.29, 1.82) is 0 Å². The van der Waals surface area contributed by atoms with Gasteiger partial charge in [0.1, 0.15) is 0 Å². The zero-order valence-corrected chi connectivity index (χ0v) is 11.3. The minimum atomic E-state index is -0.715. The zero-order chi connectivity index (χ0) is 12.4. The Labute approximate surface area is 99.6 Å². The molecule has 1 fully saturated rings. The first-order valence-corrected chi connectivity index (χ1v) is 6.29. The molecule has 0 saturated heterocycles. The second-order valence-corrected chi connectivity index (χ2v) is 6.05. The van der Waals surface area contributed by atoms with Crippen LogP contribution >= 0.6 is 0 Å². The van der Waals surface area contributed by atoms with Crippen LogP contribution in [0.2, 0.25) is 0 Å². The van der Waals surface area contributed by atoms with Crippen LogP contribution in [0.5, 0.6) is 0 Å². The van der Waals surface area contributed by atoms with E-state index in [1.807, 2.05) is 13.8 Å². The van der Waals surface area contributed by atoms with Crippen LogP contribution in [0.25, 0.3) is 0 Å². The van der Waals surface area contributed by atoms with Crippen LogP contribution < -0.4 is 5.32 Å². The molecule has 0 aromatic carbocycles. The molecule has 3 nitrogen and oxygen atoms in total. The maximum atomic E-state index is 10.1. The lowest BCUT2D eigenvalue weighted by atomic mass is 9.83. The first kappa shape index (κ1) is 13.9. The predicted molar refractivity (Wildman–Crippen MR) is 66.6 cm³/mol. The Morgan fingerprint density at radius 2 is 1.81 bits per heavy atom. The molecule has 2 atom stereocenters. The van der Waals surface area contributed by atoms with Crippen LogP contribution in [0, 0.1) is 0 Å². The van der Waals surface area contributed by atoms with E-state index in [0.717, 1.165) is 12.8 Å². The van der Waals surface area contributed by atoms with Gasteiger partial charge in [0, 0.05) is 18.7 Å². The number of nitrogens with one attached hydrogen (secondary N) is 1. The largest absolute Gasteiger partial charge is 0.389 e. The summed E-state index contributed by atoms with van der Waals surface area (Å²) in [6, 6.07) is 0.458. The van der Waals surface area contributed by atoms with Crippen molar-refractivity contribution in [3.63, 3.8) is 0 Å². The molecule has 0 aromatic heterocycles. The number of hydrogen-bond donors (Lipinski definition) is 2. The van der Waals surface area contributed by atoms with Crippen molar-refractivity contribution in [3.8, 4) is 0 Å². The summed E-state index contributed by atoms with van der Waals surface area (Å²) in [5, 5.41) is 13.7. The van der Waals surface area contributed by atoms with E-state index in [1.165, 1.54) is 12.8 Å². The van der Waals surface area contributed by atoms with Crippen LogP contribution in [0.3, 0.4) is 0 Å². The SMILES string of the molecule is COC1CCCC(NC(C)(C)C(C)(C)O)C1. The quantitative estimate of drug-likeness (QED) is 0.775. The topological polar surface area (TPSA) is 41.5 Å². The minimum absolute atomic E-state index is 0.271. The van der Waals surface area contributed by atoms with Crippen molar-refractivity contribution in [2.24, 2.45) is 0 Å². The maximum absolute atomic E-state index is 10.1. The Morgan fingerprint density at radius 3 is 2.31 bits per heavy atom. The molecule has 0 spiro atoms. The van der Waals surface area contributed by atoms with Crippen molar-refractivity contribution in [1.82, 2.24) is 5.32 Å². The van der Waals surface area contributed by atoms with E-state index < -0.39 is 5.60 Å². The summed E-state index contributed by atoms with van der Waals surface area (Å²) >= 11 is 0. The molecule has 1 aliphatic carbocycles. The van der Waals surface area contributed by atoms with Crippen molar-refractivity contribution in [2.45, 2.75) is 76.7 Å². The van der Waals surface area contributed by atoms with E-state index >= 15 is 0 Å². The van der Waals surface area contributed by atoms with Crippen LogP contribution in [-0.2, 0) is 4.74 Å². The third kappa shape index (κ3) is 3.44. The van der Waals surface area contributed by atoms with Gasteiger partial charge in [-0.25, -0.2) is 0 Å². The number of aliphatic hydroxyl groups is 1. The summed E-state index contributed by atoms with van der Waals surface area (Å²) in [7, 11) is 1.79. The minimum Gasteiger partial charge on any atom is -0.389 e. The fourth-order valence-corrected chi connectivity index (χ4v) is 2.18. The fraction of sp³-hybridized carbons (Fsp3) is 1.00. The van der Waals surface area contributed by atoms with Gasteiger partial charge >= 0.3 is 0 Å². The van der Waals surface area contributed by atoms with Crippen molar-refractivity contribution < 1.29 is 9.84 Å². The normalized spacial score (nSPS) is 28.1. The van der Waals surface area contributed by atoms with E-state index in [4.69, 9.17) is 4.74 Å². The molecular formula is C13H27NO2. The summed E-state index contributed by atoms with van der Waals surface area (Å²) in [5.41, 5.74) is -0.986. The van der Waals surface area contributed by atoms with Crippen LogP contribution in [0.15, 0.2) is 0 Å². The summed E-state index contributed by atoms with van der Waals surface area (Å²) in [6.07, 6.45) is 4.98. The molecule has 3 heteroatoms. The van der Waals surface area contributed by atoms with Gasteiger partial charge in [0.2, 0.25) is 0 Å². The second-order valence-electron chi connectivity index (χ2n) is 6.05. The first-order chi connectivity index (χ1) is 7.26. The lowest BCUT2D eigenvalue weighted by Crippen LogP contribution is -2.59. The number of methoxy groups -OCH3 is 1. The van der Waals surface area contributed by atoms with Crippen molar-refractivity contribution in [3.05, 3.63) is 0 Å². The molecule has 0 amide bonds. The van der Waals surface area contributed by atoms with Gasteiger partial charge in [-0.1, -0.05) is 0 Å². The molecule has 96 valence electrons. The van der Waals surface area contributed by atoms with Gasteiger partial charge in [0.15, 0.2) is 0 Å². The average Bonchev–Trinajstić information content (AvgIpc) is 2.15. The molecule has 1 saturated carbocycles. The van der Waals surface area contributed by atoms with Gasteiger partial charge in [0.05, 0.1) is 11.7 Å². The summed E-state index contributed by atoms with van der Waals surface area (Å²) in [6.45, 7) is 7.83. The number of hydrogen-bond acceptors (Lipinski definition) is 3. The van der Waals surface area contributed by atoms with E-state index in [1.54, 1.807) is 7.11 Å². The molecule has 0 aromatic rings. The zero-order valence-electron chi connectivity index (χ0n) is 11.3. The molecule has 2 unspecified atom stereocenters. The highest BCUT2D eigenvalue weighted by molar-refractivity contribution is 4.96. The van der Waals surface area contributed by atoms with E-state index in [-0.39, 0.29) is 5.54 Å². The standard InChI is InChI=1S/C13H27NO2/c1-12(2,13(3,4)15)14-10-7-6-8-11(9-10)16-5/h10-11,14-15H,6-9H2,1-5H3. The van der Waals surface area contributed by atoms with Gasteiger partial charge in [-0.2, -0.15) is 0 Å². The fourth-order valence-electron chi connectivity index (χ4n) is 2.18. The molecule has 0 radical (unpaired) electrons. The highest BCUT2D eigenvalue weighted by atomic mass is 16.5. The van der Waals surface area contributed by atoms with E-state index in [2.05, 4.69) is 19.2 Å². The molecule has 16 heavy (non-hydrogen) atoms. The summed E-state index contributed by atoms with van der Waals surface area (Å²) < 4.78 is 5.42. The Balaban J connectivity index is 2.53. The monoisotopic (exact) mass is 229 g/mol. The van der Waals surface area contributed by atoms with Crippen LogP contribution in [0.1, 0.15) is 53.4 Å². The number of rotatable bonds is 4. The van der Waals surface area contributed by atoms with Gasteiger partial charge in [-0.15, -0.1) is 0 Å². The number of ether oxygens (including phenoxy) is 1. The van der Waals surface area contributed by atoms with Crippen molar-refractivity contribution >= 4 is 0 Å². The van der Waals surface area contributed by atoms with Crippen LogP contribution in [-0.4, -0.2) is 35.5 Å². The predicted octanol–water partition coefficient (Wildman–Crippen LogP) is 2.08. The molecule has 2 N–H and O–H groups in total. The molecule has 1 aliphatic rings. The molecule has 0 heterocycles. The van der Waals surface area contributed by atoms with E-state index in [9.17, 15) is 5.11 Å². The van der Waals surface area contributed by atoms with Gasteiger partial charge in [-0.05, 0) is 53.4 Å². The molecule has 1 rings (SSSR count). The Hall–Kier alpha value is -0.120. The molecular weight excluding hydrogens is 202 g/mol. The van der Waals surface area contributed by atoms with Crippen molar-refractivity contribution in [2.75, 3.05) is 7.11 Å². The highest BCUT2D eigenvalue weighted by Crippen LogP contribution is 2.26. The Bertz CT molecular complexity index is 220. The lowest BCUT2D eigenvalue weighted by Gasteiger charge is -2.43. The van der Waals surface area contributed by atoms with Gasteiger partial charge in [0.25, 0.3) is 0 Å². The Kier molecular flexibility index (Phi) is 4.38. The third-order valence-corrected chi connectivity index (χ3v) is 4.05. The first-order valence-electron chi connectivity index (χ1n) is 6.29. The molecule has 0 bridgehead atoms. The second kappa shape index (κ2) is 5.03. The third-order valence-electron chi connectivity index (χ3n) is 4.05. The summed E-state index contributed by atoms with van der Waals surface area (Å²) in [4.78, 5) is 0. The van der Waals surface area contributed by atoms with Crippen LogP contribution in [0.4, 0.5) is 0 Å². The maximum Gasteiger partial charge on any atom is 0.0767 e. The van der Waals surface area contributed by atoms with E-state index in [0.29, 0.717) is 12.1 Å². The molecule has 0 aliphatic heterocycles. The van der Waals surface area contributed by atoms with Gasteiger partial charge in [-0.3, -0.25) is 0 Å². The Morgan fingerprint density at radius 1 is 1.19 bits per heavy atom. The summed E-state index contributed by atoms with van der Waals surface area (Å²) in [5.74, 6) is 0. The highest BCUT2D eigenvalue weighted by Gasteiger charge is 2.37. The smallest absolute Gasteiger partial charge is 0.0767 e. The lowest BCUT2D eigenvalue weighted by molar-refractivity contribution is -0.0200.